The highest BCUT2D eigenvalue weighted by molar-refractivity contribution is 6.21. The summed E-state index contributed by atoms with van der Waals surface area (Å²) in [6, 6.07) is 12.2. The highest BCUT2D eigenvalue weighted by atomic mass is 16.5. The van der Waals surface area contributed by atoms with Crippen LogP contribution in [0, 0.1) is 11.8 Å². The van der Waals surface area contributed by atoms with Crippen molar-refractivity contribution in [2.24, 2.45) is 0 Å². The maximum atomic E-state index is 12.5. The molecule has 0 saturated carbocycles. The summed E-state index contributed by atoms with van der Waals surface area (Å²) in [5.74, 6) is 4.66. The molecule has 0 unspecified atom stereocenters. The average Bonchev–Trinajstić information content (AvgIpc) is 3.04. The van der Waals surface area contributed by atoms with E-state index in [9.17, 15) is 14.4 Å². The number of nitrogens with one attached hydrogen (secondary N) is 1. The van der Waals surface area contributed by atoms with E-state index in [0.29, 0.717) is 22.3 Å². The van der Waals surface area contributed by atoms with Gasteiger partial charge in [0, 0.05) is 37.4 Å². The van der Waals surface area contributed by atoms with Gasteiger partial charge in [0.05, 0.1) is 30.3 Å². The molecule has 4 rings (SSSR count). The molecule has 2 amide bonds. The number of carbonyl (C=O) groups excluding carboxylic acids is 3. The van der Waals surface area contributed by atoms with Crippen molar-refractivity contribution in [3.05, 3.63) is 64.7 Å². The van der Waals surface area contributed by atoms with Crippen molar-refractivity contribution < 1.29 is 19.1 Å². The number of benzene rings is 2. The Balaban J connectivity index is 1.59. The predicted molar refractivity (Wildman–Crippen MR) is 112 cm³/mol. The molecule has 1 N–H and O–H groups in total. The van der Waals surface area contributed by atoms with Crippen LogP contribution in [0.5, 0.6) is 0 Å². The molecule has 2 aromatic carbocycles. The first-order valence-corrected chi connectivity index (χ1v) is 9.72. The third-order valence-electron chi connectivity index (χ3n) is 5.23. The number of rotatable bonds is 3. The number of methoxy groups -OCH3 is 1. The Morgan fingerprint density at radius 2 is 1.73 bits per heavy atom. The van der Waals surface area contributed by atoms with Crippen molar-refractivity contribution in [2.45, 2.75) is 0 Å². The van der Waals surface area contributed by atoms with E-state index < -0.39 is 5.97 Å². The predicted octanol–water partition coefficient (Wildman–Crippen LogP) is 1.53. The molecular formula is C23H21N3O4. The minimum atomic E-state index is -0.480. The van der Waals surface area contributed by atoms with Crippen LogP contribution in [0.15, 0.2) is 42.5 Å². The lowest BCUT2D eigenvalue weighted by atomic mass is 10.1. The van der Waals surface area contributed by atoms with Gasteiger partial charge in [-0.2, -0.15) is 0 Å². The van der Waals surface area contributed by atoms with Gasteiger partial charge < -0.3 is 15.0 Å². The summed E-state index contributed by atoms with van der Waals surface area (Å²) in [4.78, 5) is 40.5. The van der Waals surface area contributed by atoms with Crippen molar-refractivity contribution in [3.63, 3.8) is 0 Å². The zero-order chi connectivity index (χ0) is 21.1. The number of ether oxygens (including phenoxy) is 1. The van der Waals surface area contributed by atoms with E-state index in [0.717, 1.165) is 36.8 Å². The summed E-state index contributed by atoms with van der Waals surface area (Å²) >= 11 is 0. The fourth-order valence-electron chi connectivity index (χ4n) is 3.64. The number of piperazine rings is 1. The number of hydrogen-bond donors (Lipinski definition) is 1. The van der Waals surface area contributed by atoms with Crippen LogP contribution in [-0.4, -0.2) is 62.5 Å². The van der Waals surface area contributed by atoms with Crippen molar-refractivity contribution >= 4 is 23.5 Å². The molecule has 0 spiro atoms. The minimum absolute atomic E-state index is 0.0508. The van der Waals surface area contributed by atoms with Gasteiger partial charge in [-0.15, -0.1) is 0 Å². The number of imide groups is 1. The Morgan fingerprint density at radius 1 is 1.07 bits per heavy atom. The molecule has 0 radical (unpaired) electrons. The summed E-state index contributed by atoms with van der Waals surface area (Å²) in [6.07, 6.45) is 0. The van der Waals surface area contributed by atoms with Gasteiger partial charge in [-0.05, 0) is 30.3 Å². The van der Waals surface area contributed by atoms with Crippen LogP contribution >= 0.6 is 0 Å². The SMILES string of the molecule is COC(=O)c1ccc(N2CCNCC2)cc1C#CCN1C(=O)c2ccccc2C1=O. The molecular weight excluding hydrogens is 382 g/mol. The summed E-state index contributed by atoms with van der Waals surface area (Å²) < 4.78 is 4.87. The van der Waals surface area contributed by atoms with Crippen LogP contribution in [0.25, 0.3) is 0 Å². The molecule has 0 aromatic heterocycles. The van der Waals surface area contributed by atoms with Crippen LogP contribution in [0.4, 0.5) is 5.69 Å². The Kier molecular flexibility index (Phi) is 5.50. The van der Waals surface area contributed by atoms with Gasteiger partial charge in [-0.1, -0.05) is 24.0 Å². The van der Waals surface area contributed by atoms with E-state index in [1.807, 2.05) is 12.1 Å². The van der Waals surface area contributed by atoms with Crippen molar-refractivity contribution in [1.29, 1.82) is 0 Å². The van der Waals surface area contributed by atoms with Crippen LogP contribution in [-0.2, 0) is 4.74 Å². The quantitative estimate of drug-likeness (QED) is 0.476. The molecule has 0 bridgehead atoms. The topological polar surface area (TPSA) is 79.0 Å². The fourth-order valence-corrected chi connectivity index (χ4v) is 3.64. The standard InChI is InChI=1S/C23H21N3O4/c1-30-23(29)18-9-8-17(25-13-10-24-11-14-25)15-16(18)5-4-12-26-21(27)19-6-2-3-7-20(19)22(26)28/h2-3,6-9,15,24H,10-14H2,1H3. The number of anilines is 1. The molecule has 2 aromatic rings. The summed E-state index contributed by atoms with van der Waals surface area (Å²) in [7, 11) is 1.32. The molecule has 2 aliphatic rings. The van der Waals surface area contributed by atoms with E-state index in [2.05, 4.69) is 22.1 Å². The molecule has 7 heteroatoms. The number of hydrogen-bond acceptors (Lipinski definition) is 6. The Bertz CT molecular complexity index is 1040. The molecule has 2 aliphatic heterocycles. The number of amides is 2. The third-order valence-corrected chi connectivity index (χ3v) is 5.23. The Morgan fingerprint density at radius 3 is 2.37 bits per heavy atom. The molecule has 1 saturated heterocycles. The van der Waals surface area contributed by atoms with Crippen LogP contribution in [0.1, 0.15) is 36.6 Å². The van der Waals surface area contributed by atoms with Gasteiger partial charge in [0.1, 0.15) is 0 Å². The lowest BCUT2D eigenvalue weighted by molar-refractivity contribution is 0.0598. The smallest absolute Gasteiger partial charge is 0.339 e. The Labute approximate surface area is 174 Å². The molecule has 1 fully saturated rings. The molecule has 0 aliphatic carbocycles. The molecule has 30 heavy (non-hydrogen) atoms. The normalized spacial score (nSPS) is 15.5. The Hall–Kier alpha value is -3.63. The summed E-state index contributed by atoms with van der Waals surface area (Å²) in [5, 5.41) is 3.31. The van der Waals surface area contributed by atoms with E-state index in [1.54, 1.807) is 30.3 Å². The van der Waals surface area contributed by atoms with E-state index in [1.165, 1.54) is 7.11 Å². The van der Waals surface area contributed by atoms with Crippen LogP contribution in [0.3, 0.4) is 0 Å². The van der Waals surface area contributed by atoms with Crippen molar-refractivity contribution in [1.82, 2.24) is 10.2 Å². The number of nitrogens with zero attached hydrogens (tertiary/aromatic N) is 2. The van der Waals surface area contributed by atoms with Crippen molar-refractivity contribution in [2.75, 3.05) is 44.7 Å². The van der Waals surface area contributed by atoms with Gasteiger partial charge >= 0.3 is 5.97 Å². The molecule has 2 heterocycles. The maximum absolute atomic E-state index is 12.5. The summed E-state index contributed by atoms with van der Waals surface area (Å²) in [6.45, 7) is 3.45. The lowest BCUT2D eigenvalue weighted by Gasteiger charge is -2.29. The van der Waals surface area contributed by atoms with Gasteiger partial charge in [0.15, 0.2) is 0 Å². The monoisotopic (exact) mass is 403 g/mol. The minimum Gasteiger partial charge on any atom is -0.465 e. The number of fused-ring (bicyclic) bond motifs is 1. The van der Waals surface area contributed by atoms with Crippen molar-refractivity contribution in [3.8, 4) is 11.8 Å². The first-order chi connectivity index (χ1) is 14.6. The first kappa shape index (κ1) is 19.7. The highest BCUT2D eigenvalue weighted by Gasteiger charge is 2.34. The maximum Gasteiger partial charge on any atom is 0.339 e. The third kappa shape index (κ3) is 3.65. The second-order valence-electron chi connectivity index (χ2n) is 7.00. The zero-order valence-electron chi connectivity index (χ0n) is 16.6. The van der Waals surface area contributed by atoms with E-state index >= 15 is 0 Å². The first-order valence-electron chi connectivity index (χ1n) is 9.72. The highest BCUT2D eigenvalue weighted by Crippen LogP contribution is 2.23. The van der Waals surface area contributed by atoms with Gasteiger partial charge in [-0.3, -0.25) is 14.5 Å². The summed E-state index contributed by atoms with van der Waals surface area (Å²) in [5.41, 5.74) is 2.61. The van der Waals surface area contributed by atoms with Gasteiger partial charge in [0.25, 0.3) is 11.8 Å². The second-order valence-corrected chi connectivity index (χ2v) is 7.00. The van der Waals surface area contributed by atoms with Crippen LogP contribution in [0.2, 0.25) is 0 Å². The largest absolute Gasteiger partial charge is 0.465 e. The average molecular weight is 403 g/mol. The number of carbonyl (C=O) groups is 3. The van der Waals surface area contributed by atoms with Crippen LogP contribution < -0.4 is 10.2 Å². The van der Waals surface area contributed by atoms with Gasteiger partial charge in [0.2, 0.25) is 0 Å². The van der Waals surface area contributed by atoms with E-state index in [-0.39, 0.29) is 18.4 Å². The fraction of sp³-hybridized carbons (Fsp3) is 0.261. The molecule has 152 valence electrons. The molecule has 7 nitrogen and oxygen atoms in total. The van der Waals surface area contributed by atoms with Gasteiger partial charge in [-0.25, -0.2) is 4.79 Å². The zero-order valence-corrected chi connectivity index (χ0v) is 16.6. The second kappa shape index (κ2) is 8.39. The van der Waals surface area contributed by atoms with E-state index in [4.69, 9.17) is 4.74 Å². The lowest BCUT2D eigenvalue weighted by Crippen LogP contribution is -2.43. The molecule has 0 atom stereocenters. The number of esters is 1.